The van der Waals surface area contributed by atoms with Crippen molar-refractivity contribution in [3.05, 3.63) is 82.0 Å². The van der Waals surface area contributed by atoms with Crippen molar-refractivity contribution >= 4 is 35.7 Å². The molecule has 2 aromatic heterocycles. The van der Waals surface area contributed by atoms with Gasteiger partial charge in [0.15, 0.2) is 0 Å². The van der Waals surface area contributed by atoms with Gasteiger partial charge in [0.05, 0.1) is 17.8 Å². The summed E-state index contributed by atoms with van der Waals surface area (Å²) >= 11 is 6.23. The topological polar surface area (TPSA) is 94.8 Å². The SMILES string of the molecule is Cl.N#Cc1nc2c(c(NCCc3ccccc3Cl)n1)CCN(C(=O)c1cccnc1)C2. The second-order valence-electron chi connectivity index (χ2n) is 6.92. The van der Waals surface area contributed by atoms with Crippen LogP contribution in [0.5, 0.6) is 0 Å². The van der Waals surface area contributed by atoms with Crippen molar-refractivity contribution in [1.82, 2.24) is 19.9 Å². The standard InChI is InChI=1S/C22H19ClN6O.ClH/c23-18-6-2-1-4-15(18)7-10-26-21-17-8-11-29(14-19(17)27-20(12-24)28-21)22(30)16-5-3-9-25-13-16;/h1-6,9,13H,7-8,10-11,14H2,(H,26,27,28);1H. The zero-order valence-electron chi connectivity index (χ0n) is 16.6. The number of carbonyl (C=O) groups is 1. The number of anilines is 1. The molecule has 1 aromatic carbocycles. The number of nitrogens with one attached hydrogen (secondary N) is 1. The number of carbonyl (C=O) groups excluding carboxylic acids is 1. The van der Waals surface area contributed by atoms with Crippen molar-refractivity contribution in [2.75, 3.05) is 18.4 Å². The molecule has 158 valence electrons. The minimum Gasteiger partial charge on any atom is -0.369 e. The van der Waals surface area contributed by atoms with E-state index >= 15 is 0 Å². The first kappa shape index (κ1) is 22.5. The van der Waals surface area contributed by atoms with E-state index in [9.17, 15) is 10.1 Å². The van der Waals surface area contributed by atoms with Crippen LogP contribution in [0.1, 0.15) is 33.0 Å². The predicted octanol–water partition coefficient (Wildman–Crippen LogP) is 3.67. The number of rotatable bonds is 5. The Morgan fingerprint density at radius 3 is 2.81 bits per heavy atom. The van der Waals surface area contributed by atoms with Gasteiger partial charge in [-0.25, -0.2) is 9.97 Å². The lowest BCUT2D eigenvalue weighted by Crippen LogP contribution is -2.37. The third-order valence-corrected chi connectivity index (χ3v) is 5.37. The van der Waals surface area contributed by atoms with Gasteiger partial charge in [0.25, 0.3) is 5.91 Å². The maximum absolute atomic E-state index is 12.8. The summed E-state index contributed by atoms with van der Waals surface area (Å²) in [6.45, 7) is 1.50. The van der Waals surface area contributed by atoms with Crippen molar-refractivity contribution in [2.45, 2.75) is 19.4 Å². The van der Waals surface area contributed by atoms with Crippen LogP contribution in [-0.4, -0.2) is 38.8 Å². The molecule has 9 heteroatoms. The first-order chi connectivity index (χ1) is 14.7. The summed E-state index contributed by atoms with van der Waals surface area (Å²) < 4.78 is 0. The van der Waals surface area contributed by atoms with Crippen LogP contribution < -0.4 is 5.32 Å². The van der Waals surface area contributed by atoms with Gasteiger partial charge in [-0.3, -0.25) is 9.78 Å². The normalized spacial score (nSPS) is 12.3. The number of hydrogen-bond donors (Lipinski definition) is 1. The van der Waals surface area contributed by atoms with E-state index in [4.69, 9.17) is 11.6 Å². The summed E-state index contributed by atoms with van der Waals surface area (Å²) in [5, 5.41) is 13.4. The van der Waals surface area contributed by atoms with E-state index in [0.717, 1.165) is 22.6 Å². The van der Waals surface area contributed by atoms with Crippen LogP contribution in [0.15, 0.2) is 48.8 Å². The average molecular weight is 455 g/mol. The molecule has 0 spiro atoms. The van der Waals surface area contributed by atoms with Crippen molar-refractivity contribution in [1.29, 1.82) is 5.26 Å². The fourth-order valence-electron chi connectivity index (χ4n) is 3.49. The van der Waals surface area contributed by atoms with E-state index in [1.165, 1.54) is 0 Å². The summed E-state index contributed by atoms with van der Waals surface area (Å²) in [4.78, 5) is 27.2. The summed E-state index contributed by atoms with van der Waals surface area (Å²) in [6.07, 6.45) is 4.53. The van der Waals surface area contributed by atoms with Crippen LogP contribution in [0.25, 0.3) is 0 Å². The van der Waals surface area contributed by atoms with E-state index in [0.29, 0.717) is 43.1 Å². The molecular formula is C22H20Cl2N6O. The molecule has 1 N–H and O–H groups in total. The van der Waals surface area contributed by atoms with Crippen molar-refractivity contribution in [3.63, 3.8) is 0 Å². The predicted molar refractivity (Wildman–Crippen MR) is 120 cm³/mol. The van der Waals surface area contributed by atoms with Gasteiger partial charge in [0, 0.05) is 36.1 Å². The second-order valence-corrected chi connectivity index (χ2v) is 7.33. The first-order valence-corrected chi connectivity index (χ1v) is 10.00. The highest BCUT2D eigenvalue weighted by Crippen LogP contribution is 2.25. The number of pyridine rings is 1. The van der Waals surface area contributed by atoms with Crippen molar-refractivity contribution < 1.29 is 4.79 Å². The molecule has 3 heterocycles. The molecule has 7 nitrogen and oxygen atoms in total. The monoisotopic (exact) mass is 454 g/mol. The quantitative estimate of drug-likeness (QED) is 0.631. The Balaban J connectivity index is 0.00000272. The Hall–Kier alpha value is -3.21. The summed E-state index contributed by atoms with van der Waals surface area (Å²) in [5.74, 6) is 0.640. The number of halogens is 2. The molecule has 1 aliphatic heterocycles. The van der Waals surface area contributed by atoms with Gasteiger partial charge in [-0.15, -0.1) is 12.4 Å². The minimum atomic E-state index is -0.0981. The number of amides is 1. The molecule has 0 bridgehead atoms. The van der Waals surface area contributed by atoms with Crippen LogP contribution >= 0.6 is 24.0 Å². The molecule has 4 rings (SSSR count). The van der Waals surface area contributed by atoms with Gasteiger partial charge in [0.1, 0.15) is 11.9 Å². The van der Waals surface area contributed by atoms with Crippen LogP contribution in [0, 0.1) is 11.3 Å². The fourth-order valence-corrected chi connectivity index (χ4v) is 3.72. The molecule has 0 aliphatic carbocycles. The molecule has 0 atom stereocenters. The highest BCUT2D eigenvalue weighted by Gasteiger charge is 2.26. The van der Waals surface area contributed by atoms with Crippen LogP contribution in [0.4, 0.5) is 5.82 Å². The molecule has 0 unspecified atom stereocenters. The first-order valence-electron chi connectivity index (χ1n) is 9.62. The van der Waals surface area contributed by atoms with Gasteiger partial charge in [-0.05, 0) is 36.6 Å². The Morgan fingerprint density at radius 2 is 2.06 bits per heavy atom. The van der Waals surface area contributed by atoms with Crippen LogP contribution in [0.2, 0.25) is 5.02 Å². The molecule has 3 aromatic rings. The fraction of sp³-hybridized carbons (Fsp3) is 0.227. The van der Waals surface area contributed by atoms with Gasteiger partial charge in [0.2, 0.25) is 5.82 Å². The number of nitriles is 1. The van der Waals surface area contributed by atoms with E-state index in [2.05, 4.69) is 20.3 Å². The van der Waals surface area contributed by atoms with Crippen LogP contribution in [0.3, 0.4) is 0 Å². The Kier molecular flexibility index (Phi) is 7.40. The van der Waals surface area contributed by atoms with Crippen LogP contribution in [-0.2, 0) is 19.4 Å². The third-order valence-electron chi connectivity index (χ3n) is 5.01. The highest BCUT2D eigenvalue weighted by atomic mass is 35.5. The molecular weight excluding hydrogens is 435 g/mol. The average Bonchev–Trinajstić information content (AvgIpc) is 2.79. The van der Waals surface area contributed by atoms with E-state index < -0.39 is 0 Å². The number of hydrogen-bond acceptors (Lipinski definition) is 6. The summed E-state index contributed by atoms with van der Waals surface area (Å²) in [6, 6.07) is 13.2. The smallest absolute Gasteiger partial charge is 0.255 e. The van der Waals surface area contributed by atoms with E-state index in [1.807, 2.05) is 30.3 Å². The number of benzene rings is 1. The molecule has 0 saturated heterocycles. The van der Waals surface area contributed by atoms with Gasteiger partial charge in [-0.1, -0.05) is 29.8 Å². The lowest BCUT2D eigenvalue weighted by atomic mass is 10.0. The summed E-state index contributed by atoms with van der Waals surface area (Å²) in [5.41, 5.74) is 3.23. The summed E-state index contributed by atoms with van der Waals surface area (Å²) in [7, 11) is 0. The molecule has 0 saturated carbocycles. The number of nitrogens with zero attached hydrogens (tertiary/aromatic N) is 5. The number of aromatic nitrogens is 3. The Bertz CT molecular complexity index is 1120. The van der Waals surface area contributed by atoms with Crippen molar-refractivity contribution in [3.8, 4) is 6.07 Å². The van der Waals surface area contributed by atoms with Gasteiger partial charge >= 0.3 is 0 Å². The van der Waals surface area contributed by atoms with Gasteiger partial charge in [-0.2, -0.15) is 5.26 Å². The molecule has 1 amide bonds. The maximum Gasteiger partial charge on any atom is 0.255 e. The molecule has 1 aliphatic rings. The zero-order valence-corrected chi connectivity index (χ0v) is 18.2. The maximum atomic E-state index is 12.8. The van der Waals surface area contributed by atoms with E-state index in [-0.39, 0.29) is 24.1 Å². The molecule has 0 radical (unpaired) electrons. The largest absolute Gasteiger partial charge is 0.369 e. The number of fused-ring (bicyclic) bond motifs is 1. The minimum absolute atomic E-state index is 0. The molecule has 31 heavy (non-hydrogen) atoms. The third kappa shape index (κ3) is 5.10. The Labute approximate surface area is 191 Å². The molecule has 0 fully saturated rings. The van der Waals surface area contributed by atoms with Crippen molar-refractivity contribution in [2.24, 2.45) is 0 Å². The lowest BCUT2D eigenvalue weighted by molar-refractivity contribution is 0.0731. The lowest BCUT2D eigenvalue weighted by Gasteiger charge is -2.29. The van der Waals surface area contributed by atoms with Gasteiger partial charge < -0.3 is 10.2 Å². The second kappa shape index (κ2) is 10.2. The Morgan fingerprint density at radius 1 is 1.23 bits per heavy atom. The highest BCUT2D eigenvalue weighted by molar-refractivity contribution is 6.31. The van der Waals surface area contributed by atoms with E-state index in [1.54, 1.807) is 29.4 Å². The zero-order chi connectivity index (χ0) is 20.9.